The Bertz CT molecular complexity index is 764. The van der Waals surface area contributed by atoms with Crippen molar-refractivity contribution in [1.82, 2.24) is 5.32 Å². The van der Waals surface area contributed by atoms with E-state index in [9.17, 15) is 4.79 Å². The van der Waals surface area contributed by atoms with Crippen LogP contribution in [0.1, 0.15) is 28.7 Å². The molecule has 0 spiro atoms. The van der Waals surface area contributed by atoms with E-state index in [-0.39, 0.29) is 5.91 Å². The van der Waals surface area contributed by atoms with Gasteiger partial charge >= 0.3 is 0 Å². The maximum atomic E-state index is 12.1. The van der Waals surface area contributed by atoms with Gasteiger partial charge in [-0.25, -0.2) is 0 Å². The number of rotatable bonds is 9. The third-order valence-corrected chi connectivity index (χ3v) is 4.51. The minimum absolute atomic E-state index is 0.0467. The number of amides is 1. The quantitative estimate of drug-likeness (QED) is 0.705. The summed E-state index contributed by atoms with van der Waals surface area (Å²) in [6.07, 6.45) is 1.19. The van der Waals surface area contributed by atoms with Gasteiger partial charge in [-0.2, -0.15) is 0 Å². The first kappa shape index (κ1) is 20.6. The van der Waals surface area contributed by atoms with Crippen LogP contribution < -0.4 is 20.1 Å². The molecule has 0 aromatic heterocycles. The molecule has 0 saturated carbocycles. The average molecular weight is 370 g/mol. The van der Waals surface area contributed by atoms with Crippen molar-refractivity contribution in [1.29, 1.82) is 0 Å². The number of methoxy groups -OCH3 is 2. The fourth-order valence-corrected chi connectivity index (χ4v) is 3.23. The van der Waals surface area contributed by atoms with E-state index in [0.717, 1.165) is 17.7 Å². The number of nitrogens with one attached hydrogen (secondary N) is 2. The SMILES string of the molecule is COc1ccc(CCNC(=O)CCNc2c(C)cc(C)cc2C)cc1OC. The van der Waals surface area contributed by atoms with Crippen LogP contribution in [0.5, 0.6) is 11.5 Å². The summed E-state index contributed by atoms with van der Waals surface area (Å²) < 4.78 is 10.5. The molecule has 5 heteroatoms. The lowest BCUT2D eigenvalue weighted by atomic mass is 10.1. The Labute approximate surface area is 162 Å². The van der Waals surface area contributed by atoms with Crippen LogP contribution >= 0.6 is 0 Å². The van der Waals surface area contributed by atoms with Gasteiger partial charge in [-0.15, -0.1) is 0 Å². The van der Waals surface area contributed by atoms with Gasteiger partial charge in [-0.1, -0.05) is 23.8 Å². The molecule has 2 N–H and O–H groups in total. The van der Waals surface area contributed by atoms with Crippen LogP contribution in [0.3, 0.4) is 0 Å². The summed E-state index contributed by atoms with van der Waals surface area (Å²) in [4.78, 5) is 12.1. The Morgan fingerprint density at radius 1 is 0.926 bits per heavy atom. The zero-order chi connectivity index (χ0) is 19.8. The molecule has 0 atom stereocenters. The van der Waals surface area contributed by atoms with E-state index in [2.05, 4.69) is 43.5 Å². The lowest BCUT2D eigenvalue weighted by molar-refractivity contribution is -0.120. The number of anilines is 1. The van der Waals surface area contributed by atoms with Crippen molar-refractivity contribution in [3.05, 3.63) is 52.6 Å². The molecular weight excluding hydrogens is 340 g/mol. The average Bonchev–Trinajstić information content (AvgIpc) is 2.63. The summed E-state index contributed by atoms with van der Waals surface area (Å²) >= 11 is 0. The number of hydrogen-bond acceptors (Lipinski definition) is 4. The van der Waals surface area contributed by atoms with Crippen LogP contribution in [-0.2, 0) is 11.2 Å². The van der Waals surface area contributed by atoms with Gasteiger partial charge in [-0.3, -0.25) is 4.79 Å². The predicted molar refractivity (Wildman–Crippen MR) is 110 cm³/mol. The summed E-state index contributed by atoms with van der Waals surface area (Å²) in [5, 5.41) is 6.35. The molecule has 146 valence electrons. The van der Waals surface area contributed by atoms with Crippen molar-refractivity contribution in [3.63, 3.8) is 0 Å². The Balaban J connectivity index is 1.76. The summed E-state index contributed by atoms with van der Waals surface area (Å²) in [7, 11) is 3.24. The van der Waals surface area contributed by atoms with Crippen molar-refractivity contribution in [2.24, 2.45) is 0 Å². The molecule has 0 aliphatic carbocycles. The number of benzene rings is 2. The highest BCUT2D eigenvalue weighted by atomic mass is 16.5. The number of ether oxygens (including phenoxy) is 2. The highest BCUT2D eigenvalue weighted by Crippen LogP contribution is 2.27. The van der Waals surface area contributed by atoms with Gasteiger partial charge < -0.3 is 20.1 Å². The van der Waals surface area contributed by atoms with Crippen LogP contribution in [0.2, 0.25) is 0 Å². The third-order valence-electron chi connectivity index (χ3n) is 4.51. The van der Waals surface area contributed by atoms with Gasteiger partial charge in [0.1, 0.15) is 0 Å². The summed E-state index contributed by atoms with van der Waals surface area (Å²) in [6, 6.07) is 10.1. The first-order valence-electron chi connectivity index (χ1n) is 9.24. The molecule has 0 aliphatic heterocycles. The highest BCUT2D eigenvalue weighted by Gasteiger charge is 2.07. The molecule has 0 bridgehead atoms. The minimum Gasteiger partial charge on any atom is -0.493 e. The van der Waals surface area contributed by atoms with Crippen molar-refractivity contribution in [3.8, 4) is 11.5 Å². The second kappa shape index (κ2) is 9.86. The molecular formula is C22H30N2O3. The van der Waals surface area contributed by atoms with E-state index in [0.29, 0.717) is 31.0 Å². The van der Waals surface area contributed by atoms with Crippen molar-refractivity contribution in [2.45, 2.75) is 33.6 Å². The molecule has 0 radical (unpaired) electrons. The highest BCUT2D eigenvalue weighted by molar-refractivity contribution is 5.76. The van der Waals surface area contributed by atoms with Crippen LogP contribution in [0.4, 0.5) is 5.69 Å². The minimum atomic E-state index is 0.0467. The van der Waals surface area contributed by atoms with Gasteiger partial charge in [0, 0.05) is 25.2 Å². The first-order valence-corrected chi connectivity index (χ1v) is 9.24. The van der Waals surface area contributed by atoms with E-state index in [1.165, 1.54) is 16.7 Å². The number of hydrogen-bond donors (Lipinski definition) is 2. The van der Waals surface area contributed by atoms with Crippen LogP contribution in [0, 0.1) is 20.8 Å². The van der Waals surface area contributed by atoms with Gasteiger partial charge in [0.25, 0.3) is 0 Å². The lowest BCUT2D eigenvalue weighted by Gasteiger charge is -2.14. The standard InChI is InChI=1S/C22H30N2O3/c1-15-12-16(2)22(17(3)13-15)24-11-9-21(25)23-10-8-18-6-7-19(26-4)20(14-18)27-5/h6-7,12-14,24H,8-11H2,1-5H3,(H,23,25). The molecule has 2 aromatic carbocycles. The van der Waals surface area contributed by atoms with E-state index >= 15 is 0 Å². The number of carbonyl (C=O) groups excluding carboxylic acids is 1. The van der Waals surface area contributed by atoms with Gasteiger partial charge in [0.05, 0.1) is 14.2 Å². The zero-order valence-electron chi connectivity index (χ0n) is 16.9. The van der Waals surface area contributed by atoms with E-state index in [4.69, 9.17) is 9.47 Å². The summed E-state index contributed by atoms with van der Waals surface area (Å²) in [6.45, 7) is 7.48. The lowest BCUT2D eigenvalue weighted by Crippen LogP contribution is -2.27. The van der Waals surface area contributed by atoms with Crippen LogP contribution in [0.15, 0.2) is 30.3 Å². The third kappa shape index (κ3) is 5.91. The fourth-order valence-electron chi connectivity index (χ4n) is 3.23. The molecule has 2 aromatic rings. The first-order chi connectivity index (χ1) is 12.9. The smallest absolute Gasteiger partial charge is 0.221 e. The largest absolute Gasteiger partial charge is 0.493 e. The maximum absolute atomic E-state index is 12.1. The maximum Gasteiger partial charge on any atom is 0.221 e. The molecule has 0 heterocycles. The second-order valence-electron chi connectivity index (χ2n) is 6.74. The predicted octanol–water partition coefficient (Wildman–Crippen LogP) is 3.79. The molecule has 27 heavy (non-hydrogen) atoms. The number of carbonyl (C=O) groups is 1. The molecule has 0 fully saturated rings. The monoisotopic (exact) mass is 370 g/mol. The van der Waals surface area contributed by atoms with Gasteiger partial charge in [-0.05, 0) is 56.0 Å². The van der Waals surface area contributed by atoms with Gasteiger partial charge in [0.15, 0.2) is 11.5 Å². The normalized spacial score (nSPS) is 10.4. The topological polar surface area (TPSA) is 59.6 Å². The van der Waals surface area contributed by atoms with Crippen molar-refractivity contribution in [2.75, 3.05) is 32.6 Å². The Morgan fingerprint density at radius 2 is 1.59 bits per heavy atom. The van der Waals surface area contributed by atoms with Crippen LogP contribution in [0.25, 0.3) is 0 Å². The number of aryl methyl sites for hydroxylation is 3. The Kier molecular flexibility index (Phi) is 7.53. The second-order valence-corrected chi connectivity index (χ2v) is 6.74. The van der Waals surface area contributed by atoms with E-state index in [1.807, 2.05) is 18.2 Å². The molecule has 2 rings (SSSR count). The molecule has 0 unspecified atom stereocenters. The molecule has 0 saturated heterocycles. The van der Waals surface area contributed by atoms with Crippen molar-refractivity contribution < 1.29 is 14.3 Å². The van der Waals surface area contributed by atoms with E-state index in [1.54, 1.807) is 14.2 Å². The van der Waals surface area contributed by atoms with Gasteiger partial charge in [0.2, 0.25) is 5.91 Å². The molecule has 0 aliphatic rings. The Morgan fingerprint density at radius 3 is 2.22 bits per heavy atom. The Hall–Kier alpha value is -2.69. The van der Waals surface area contributed by atoms with Crippen molar-refractivity contribution >= 4 is 11.6 Å². The summed E-state index contributed by atoms with van der Waals surface area (Å²) in [5.74, 6) is 1.46. The van der Waals surface area contributed by atoms with E-state index < -0.39 is 0 Å². The van der Waals surface area contributed by atoms with Crippen LogP contribution in [-0.4, -0.2) is 33.2 Å². The fraction of sp³-hybridized carbons (Fsp3) is 0.409. The zero-order valence-corrected chi connectivity index (χ0v) is 16.9. The molecule has 5 nitrogen and oxygen atoms in total. The summed E-state index contributed by atoms with van der Waals surface area (Å²) in [5.41, 5.74) is 5.89. The molecule has 1 amide bonds.